The number of carbonyl (C=O) groups excluding carboxylic acids is 2. The molecule has 0 unspecified atom stereocenters. The van der Waals surface area contributed by atoms with Gasteiger partial charge in [-0.05, 0) is 30.3 Å². The average Bonchev–Trinajstić information content (AvgIpc) is 2.81. The molecule has 0 aliphatic carbocycles. The van der Waals surface area contributed by atoms with Crippen molar-refractivity contribution in [3.05, 3.63) is 78.0 Å². The van der Waals surface area contributed by atoms with Gasteiger partial charge in [0.05, 0.1) is 10.4 Å². The van der Waals surface area contributed by atoms with E-state index in [1.165, 1.54) is 34.6 Å². The van der Waals surface area contributed by atoms with Crippen LogP contribution in [0.4, 0.5) is 0 Å². The van der Waals surface area contributed by atoms with E-state index in [2.05, 4.69) is 15.8 Å². The van der Waals surface area contributed by atoms with Crippen molar-refractivity contribution in [2.24, 2.45) is 0 Å². The summed E-state index contributed by atoms with van der Waals surface area (Å²) in [6.45, 7) is 4.14. The van der Waals surface area contributed by atoms with Crippen LogP contribution >= 0.6 is 0 Å². The number of nitrogens with zero attached hydrogens (tertiary/aromatic N) is 2. The minimum Gasteiger partial charge on any atom is -0.268 e. The molecule has 0 saturated carbocycles. The molecular weight excluding hydrogens is 428 g/mol. The summed E-state index contributed by atoms with van der Waals surface area (Å²) < 4.78 is 26.6. The number of pyridine rings is 1. The van der Waals surface area contributed by atoms with Gasteiger partial charge in [0.15, 0.2) is 0 Å². The topological polar surface area (TPSA) is 108 Å². The van der Waals surface area contributed by atoms with E-state index < -0.39 is 21.8 Å². The van der Waals surface area contributed by atoms with E-state index >= 15 is 0 Å². The van der Waals surface area contributed by atoms with E-state index in [0.717, 1.165) is 16.5 Å². The molecule has 3 rings (SSSR count). The van der Waals surface area contributed by atoms with Gasteiger partial charge in [0.25, 0.3) is 11.8 Å². The third kappa shape index (κ3) is 5.19. The van der Waals surface area contributed by atoms with E-state index in [0.29, 0.717) is 13.1 Å². The number of aromatic nitrogens is 1. The number of para-hydroxylation sites is 1. The predicted molar refractivity (Wildman–Crippen MR) is 123 cm³/mol. The fourth-order valence-corrected chi connectivity index (χ4v) is 4.67. The summed E-state index contributed by atoms with van der Waals surface area (Å²) in [6.07, 6.45) is 4.56. The quantitative estimate of drug-likeness (QED) is 0.423. The molecule has 32 heavy (non-hydrogen) atoms. The number of rotatable bonds is 7. The van der Waals surface area contributed by atoms with Crippen LogP contribution < -0.4 is 10.9 Å². The first-order valence-electron chi connectivity index (χ1n) is 10.1. The Bertz CT molecular complexity index is 1260. The minimum atomic E-state index is -3.70. The van der Waals surface area contributed by atoms with E-state index in [9.17, 15) is 18.0 Å². The van der Waals surface area contributed by atoms with Gasteiger partial charge in [-0.1, -0.05) is 44.2 Å². The zero-order valence-corrected chi connectivity index (χ0v) is 18.6. The Morgan fingerprint density at radius 3 is 2.47 bits per heavy atom. The Morgan fingerprint density at radius 1 is 1.00 bits per heavy atom. The molecule has 0 bridgehead atoms. The molecule has 2 N–H and O–H groups in total. The Balaban J connectivity index is 1.67. The number of hydrogen-bond donors (Lipinski definition) is 2. The van der Waals surface area contributed by atoms with E-state index in [1.807, 2.05) is 30.3 Å². The monoisotopic (exact) mass is 452 g/mol. The van der Waals surface area contributed by atoms with Crippen LogP contribution in [0.3, 0.4) is 0 Å². The summed E-state index contributed by atoms with van der Waals surface area (Å²) in [6, 6.07) is 15.1. The molecule has 3 aromatic rings. The summed E-state index contributed by atoms with van der Waals surface area (Å²) in [5, 5.41) is 0.947. The maximum atomic E-state index is 12.7. The summed E-state index contributed by atoms with van der Waals surface area (Å²) in [5.74, 6) is -1.17. The lowest BCUT2D eigenvalue weighted by molar-refractivity contribution is -0.117. The first kappa shape index (κ1) is 23.1. The van der Waals surface area contributed by atoms with Crippen molar-refractivity contribution in [1.29, 1.82) is 0 Å². The predicted octanol–water partition coefficient (Wildman–Crippen LogP) is 2.74. The molecule has 1 heterocycles. The second-order valence-corrected chi connectivity index (χ2v) is 8.75. The Kier molecular flexibility index (Phi) is 7.34. The van der Waals surface area contributed by atoms with Crippen LogP contribution in [0.15, 0.2) is 71.8 Å². The Hall–Kier alpha value is -3.56. The number of sulfonamides is 1. The van der Waals surface area contributed by atoms with E-state index in [4.69, 9.17) is 0 Å². The molecule has 0 aliphatic rings. The molecule has 2 aromatic carbocycles. The lowest BCUT2D eigenvalue weighted by atomic mass is 10.1. The van der Waals surface area contributed by atoms with Crippen LogP contribution in [0.1, 0.15) is 29.8 Å². The number of hydrogen-bond acceptors (Lipinski definition) is 5. The normalized spacial score (nSPS) is 11.7. The van der Waals surface area contributed by atoms with Crippen molar-refractivity contribution in [1.82, 2.24) is 20.1 Å². The Morgan fingerprint density at radius 2 is 1.72 bits per heavy atom. The largest absolute Gasteiger partial charge is 0.269 e. The van der Waals surface area contributed by atoms with Crippen LogP contribution in [0.5, 0.6) is 0 Å². The zero-order valence-electron chi connectivity index (χ0n) is 17.8. The zero-order chi connectivity index (χ0) is 23.1. The second kappa shape index (κ2) is 10.2. The van der Waals surface area contributed by atoms with Gasteiger partial charge in [0.2, 0.25) is 10.0 Å². The number of nitrogens with one attached hydrogen (secondary N) is 2. The van der Waals surface area contributed by atoms with Crippen molar-refractivity contribution >= 4 is 38.8 Å². The SMILES string of the molecule is CCN(CC)S(=O)(=O)c1cccc(C(=O)NNC(=O)/C=C/c2cccc3cccnc23)c1. The molecule has 0 radical (unpaired) electrons. The summed E-state index contributed by atoms with van der Waals surface area (Å²) in [4.78, 5) is 28.9. The molecule has 0 aliphatic heterocycles. The van der Waals surface area contributed by atoms with Crippen molar-refractivity contribution in [3.8, 4) is 0 Å². The number of amides is 2. The molecule has 2 amide bonds. The van der Waals surface area contributed by atoms with E-state index in [1.54, 1.807) is 26.1 Å². The van der Waals surface area contributed by atoms with Crippen molar-refractivity contribution in [2.75, 3.05) is 13.1 Å². The molecular formula is C23H24N4O4S. The third-order valence-corrected chi connectivity index (χ3v) is 6.86. The lowest BCUT2D eigenvalue weighted by Gasteiger charge is -2.18. The second-order valence-electron chi connectivity index (χ2n) is 6.82. The van der Waals surface area contributed by atoms with Gasteiger partial charge in [-0.15, -0.1) is 0 Å². The number of hydrazine groups is 1. The lowest BCUT2D eigenvalue weighted by Crippen LogP contribution is -2.40. The number of carbonyl (C=O) groups is 2. The highest BCUT2D eigenvalue weighted by molar-refractivity contribution is 7.89. The summed E-state index contributed by atoms with van der Waals surface area (Å²) in [5.41, 5.74) is 6.22. The molecule has 0 atom stereocenters. The molecule has 9 heteroatoms. The highest BCUT2D eigenvalue weighted by Crippen LogP contribution is 2.18. The fraction of sp³-hybridized carbons (Fsp3) is 0.174. The van der Waals surface area contributed by atoms with Gasteiger partial charge in [0.1, 0.15) is 0 Å². The summed E-state index contributed by atoms with van der Waals surface area (Å²) in [7, 11) is -3.70. The summed E-state index contributed by atoms with van der Waals surface area (Å²) >= 11 is 0. The molecule has 166 valence electrons. The minimum absolute atomic E-state index is 0.0172. The Labute approximate surface area is 187 Å². The van der Waals surface area contributed by atoms with Gasteiger partial charge < -0.3 is 0 Å². The molecule has 8 nitrogen and oxygen atoms in total. The highest BCUT2D eigenvalue weighted by Gasteiger charge is 2.22. The van der Waals surface area contributed by atoms with Crippen molar-refractivity contribution in [2.45, 2.75) is 18.7 Å². The first-order valence-corrected chi connectivity index (χ1v) is 11.5. The first-order chi connectivity index (χ1) is 15.4. The van der Waals surface area contributed by atoms with Crippen LogP contribution in [0.2, 0.25) is 0 Å². The highest BCUT2D eigenvalue weighted by atomic mass is 32.2. The number of fused-ring (bicyclic) bond motifs is 1. The molecule has 0 spiro atoms. The average molecular weight is 453 g/mol. The van der Waals surface area contributed by atoms with Gasteiger partial charge in [-0.2, -0.15) is 4.31 Å². The van der Waals surface area contributed by atoms with E-state index in [-0.39, 0.29) is 10.5 Å². The van der Waals surface area contributed by atoms with Crippen LogP contribution in [0, 0.1) is 0 Å². The van der Waals surface area contributed by atoms with Crippen LogP contribution in [-0.2, 0) is 14.8 Å². The molecule has 0 saturated heterocycles. The standard InChI is InChI=1S/C23H24N4O4S/c1-3-27(4-2)32(30,31)20-12-6-10-19(16-20)23(29)26-25-21(28)14-13-18-9-5-8-17-11-7-15-24-22(17)18/h5-16H,3-4H2,1-2H3,(H,25,28)(H,26,29)/b14-13+. The smallest absolute Gasteiger partial charge is 0.268 e. The van der Waals surface area contributed by atoms with Gasteiger partial charge >= 0.3 is 0 Å². The number of benzene rings is 2. The van der Waals surface area contributed by atoms with Gasteiger partial charge in [-0.25, -0.2) is 8.42 Å². The molecule has 0 fully saturated rings. The maximum Gasteiger partial charge on any atom is 0.269 e. The van der Waals surface area contributed by atoms with Crippen molar-refractivity contribution in [3.63, 3.8) is 0 Å². The van der Waals surface area contributed by atoms with Gasteiger partial charge in [0, 0.05) is 41.9 Å². The van der Waals surface area contributed by atoms with Gasteiger partial charge in [-0.3, -0.25) is 25.4 Å². The van der Waals surface area contributed by atoms with Crippen LogP contribution in [0.25, 0.3) is 17.0 Å². The third-order valence-electron chi connectivity index (χ3n) is 4.82. The maximum absolute atomic E-state index is 12.7. The van der Waals surface area contributed by atoms with Crippen LogP contribution in [-0.4, -0.2) is 42.6 Å². The van der Waals surface area contributed by atoms with Crippen molar-refractivity contribution < 1.29 is 18.0 Å². The molecule has 1 aromatic heterocycles. The fourth-order valence-electron chi connectivity index (χ4n) is 3.17.